The van der Waals surface area contributed by atoms with Crippen LogP contribution in [-0.2, 0) is 16.1 Å². The number of carbonyl (C=O) groups is 1. The number of ether oxygens (including phenoxy) is 1. The molecule has 0 radical (unpaired) electrons. The maximum atomic E-state index is 12.6. The highest BCUT2D eigenvalue weighted by atomic mass is 35.5. The number of halogens is 2. The van der Waals surface area contributed by atoms with E-state index in [0.29, 0.717) is 29.9 Å². The van der Waals surface area contributed by atoms with Gasteiger partial charge in [-0.1, -0.05) is 47.5 Å². The summed E-state index contributed by atoms with van der Waals surface area (Å²) in [5.74, 6) is -0.230. The molecule has 4 rings (SSSR count). The Bertz CT molecular complexity index is 1120. The lowest BCUT2D eigenvalue weighted by atomic mass is 10.2. The van der Waals surface area contributed by atoms with Gasteiger partial charge in [0.05, 0.1) is 36.8 Å². The molecule has 1 aliphatic rings. The first-order chi connectivity index (χ1) is 15.5. The Labute approximate surface area is 197 Å². The summed E-state index contributed by atoms with van der Waals surface area (Å²) in [4.78, 5) is 14.9. The van der Waals surface area contributed by atoms with Gasteiger partial charge in [0.2, 0.25) is 5.91 Å². The highest BCUT2D eigenvalue weighted by Gasteiger charge is 2.16. The predicted molar refractivity (Wildman–Crippen MR) is 130 cm³/mol. The van der Waals surface area contributed by atoms with Crippen molar-refractivity contribution in [2.24, 2.45) is 0 Å². The second kappa shape index (κ2) is 10.2. The third-order valence-corrected chi connectivity index (χ3v) is 5.92. The molecule has 1 N–H and O–H groups in total. The first kappa shape index (κ1) is 22.4. The molecule has 0 unspecified atom stereocenters. The number of benzene rings is 2. The van der Waals surface area contributed by atoms with Crippen LogP contribution in [0.2, 0.25) is 10.2 Å². The fourth-order valence-corrected chi connectivity index (χ4v) is 4.04. The Balaban J connectivity index is 1.46. The molecule has 6 nitrogen and oxygen atoms in total. The largest absolute Gasteiger partial charge is 0.378 e. The van der Waals surface area contributed by atoms with Crippen LogP contribution in [0, 0.1) is 6.92 Å². The summed E-state index contributed by atoms with van der Waals surface area (Å²) < 4.78 is 7.14. The highest BCUT2D eigenvalue weighted by molar-refractivity contribution is 6.31. The van der Waals surface area contributed by atoms with E-state index in [-0.39, 0.29) is 5.91 Å². The van der Waals surface area contributed by atoms with Crippen molar-refractivity contribution in [1.29, 1.82) is 0 Å². The first-order valence-corrected chi connectivity index (χ1v) is 11.1. The Morgan fingerprint density at radius 2 is 1.84 bits per heavy atom. The number of morpholine rings is 1. The number of aromatic nitrogens is 2. The zero-order valence-corrected chi connectivity index (χ0v) is 19.2. The molecular weight excluding hydrogens is 447 g/mol. The maximum Gasteiger partial charge on any atom is 0.248 e. The molecule has 166 valence electrons. The molecule has 0 aliphatic carbocycles. The van der Waals surface area contributed by atoms with Crippen molar-refractivity contribution in [3.63, 3.8) is 0 Å². The SMILES string of the molecule is Cc1nn(Cc2ccc(Cl)cc2)c(Cl)c1/C=C/C(=O)Nc1ccccc1N1CCOCC1. The van der Waals surface area contributed by atoms with E-state index in [1.807, 2.05) is 55.5 Å². The van der Waals surface area contributed by atoms with Gasteiger partial charge < -0.3 is 15.0 Å². The van der Waals surface area contributed by atoms with E-state index in [4.69, 9.17) is 27.9 Å². The Morgan fingerprint density at radius 1 is 1.12 bits per heavy atom. The summed E-state index contributed by atoms with van der Waals surface area (Å²) in [6, 6.07) is 15.3. The zero-order chi connectivity index (χ0) is 22.5. The van der Waals surface area contributed by atoms with Gasteiger partial charge in [0.15, 0.2) is 0 Å². The number of aryl methyl sites for hydroxylation is 1. The number of hydrogen-bond donors (Lipinski definition) is 1. The average Bonchev–Trinajstić information content (AvgIpc) is 3.07. The van der Waals surface area contributed by atoms with Gasteiger partial charge in [-0.3, -0.25) is 4.79 Å². The molecule has 32 heavy (non-hydrogen) atoms. The van der Waals surface area contributed by atoms with Gasteiger partial charge in [0, 0.05) is 29.8 Å². The van der Waals surface area contributed by atoms with Crippen molar-refractivity contribution >= 4 is 46.6 Å². The summed E-state index contributed by atoms with van der Waals surface area (Å²) in [5, 5.41) is 8.66. The van der Waals surface area contributed by atoms with Crippen LogP contribution in [0.25, 0.3) is 6.08 Å². The van der Waals surface area contributed by atoms with E-state index < -0.39 is 0 Å². The van der Waals surface area contributed by atoms with E-state index >= 15 is 0 Å². The highest BCUT2D eigenvalue weighted by Crippen LogP contribution is 2.27. The number of nitrogens with one attached hydrogen (secondary N) is 1. The van der Waals surface area contributed by atoms with Gasteiger partial charge in [0.1, 0.15) is 5.15 Å². The van der Waals surface area contributed by atoms with Gasteiger partial charge in [-0.15, -0.1) is 0 Å². The number of amides is 1. The monoisotopic (exact) mass is 470 g/mol. The molecule has 0 atom stereocenters. The quantitative estimate of drug-likeness (QED) is 0.512. The summed E-state index contributed by atoms with van der Waals surface area (Å²) >= 11 is 12.5. The van der Waals surface area contributed by atoms with Crippen molar-refractivity contribution in [2.45, 2.75) is 13.5 Å². The summed E-state index contributed by atoms with van der Waals surface area (Å²) in [6.07, 6.45) is 3.19. The number of hydrogen-bond acceptors (Lipinski definition) is 4. The first-order valence-electron chi connectivity index (χ1n) is 10.4. The topological polar surface area (TPSA) is 59.4 Å². The van der Waals surface area contributed by atoms with E-state index in [0.717, 1.165) is 41.3 Å². The van der Waals surface area contributed by atoms with Crippen molar-refractivity contribution in [3.8, 4) is 0 Å². The molecule has 1 fully saturated rings. The van der Waals surface area contributed by atoms with Crippen LogP contribution in [0.3, 0.4) is 0 Å². The molecule has 1 amide bonds. The Kier molecular flexibility index (Phi) is 7.15. The van der Waals surface area contributed by atoms with Crippen molar-refractivity contribution in [3.05, 3.63) is 81.6 Å². The van der Waals surface area contributed by atoms with E-state index in [2.05, 4.69) is 15.3 Å². The van der Waals surface area contributed by atoms with E-state index in [9.17, 15) is 4.79 Å². The summed E-state index contributed by atoms with van der Waals surface area (Å²) in [6.45, 7) is 5.34. The normalized spacial score (nSPS) is 14.2. The van der Waals surface area contributed by atoms with Crippen LogP contribution in [0.1, 0.15) is 16.8 Å². The minimum atomic E-state index is -0.230. The minimum absolute atomic E-state index is 0.230. The van der Waals surface area contributed by atoms with Crippen molar-refractivity contribution in [1.82, 2.24) is 9.78 Å². The number of nitrogens with zero attached hydrogens (tertiary/aromatic N) is 3. The minimum Gasteiger partial charge on any atom is -0.378 e. The van der Waals surface area contributed by atoms with E-state index in [1.54, 1.807) is 10.8 Å². The molecule has 0 saturated carbocycles. The summed E-state index contributed by atoms with van der Waals surface area (Å²) in [5.41, 5.74) is 4.26. The molecule has 2 heterocycles. The molecule has 3 aromatic rings. The lowest BCUT2D eigenvalue weighted by Gasteiger charge is -2.30. The smallest absolute Gasteiger partial charge is 0.248 e. The lowest BCUT2D eigenvalue weighted by Crippen LogP contribution is -2.36. The van der Waals surface area contributed by atoms with Gasteiger partial charge in [-0.05, 0) is 42.8 Å². The Hall–Kier alpha value is -2.80. The van der Waals surface area contributed by atoms with E-state index in [1.165, 1.54) is 6.08 Å². The third-order valence-electron chi connectivity index (χ3n) is 5.27. The van der Waals surface area contributed by atoms with Crippen LogP contribution in [0.15, 0.2) is 54.6 Å². The van der Waals surface area contributed by atoms with Crippen LogP contribution in [0.4, 0.5) is 11.4 Å². The lowest BCUT2D eigenvalue weighted by molar-refractivity contribution is -0.111. The van der Waals surface area contributed by atoms with Crippen LogP contribution in [0.5, 0.6) is 0 Å². The fourth-order valence-electron chi connectivity index (χ4n) is 3.62. The maximum absolute atomic E-state index is 12.6. The van der Waals surface area contributed by atoms with Gasteiger partial charge >= 0.3 is 0 Å². The molecular formula is C24H24Cl2N4O2. The van der Waals surface area contributed by atoms with Crippen molar-refractivity contribution in [2.75, 3.05) is 36.5 Å². The van der Waals surface area contributed by atoms with Crippen LogP contribution >= 0.6 is 23.2 Å². The molecule has 8 heteroatoms. The zero-order valence-electron chi connectivity index (χ0n) is 17.7. The van der Waals surface area contributed by atoms with Gasteiger partial charge in [0.25, 0.3) is 0 Å². The van der Waals surface area contributed by atoms with Gasteiger partial charge in [-0.2, -0.15) is 5.10 Å². The average molecular weight is 471 g/mol. The standard InChI is InChI=1S/C24H24Cl2N4O2/c1-17-20(24(26)30(28-17)16-18-6-8-19(25)9-7-18)10-11-23(31)27-21-4-2-3-5-22(21)29-12-14-32-15-13-29/h2-11H,12-16H2,1H3,(H,27,31)/b11-10+. The Morgan fingerprint density at radius 3 is 2.59 bits per heavy atom. The predicted octanol–water partition coefficient (Wildman–Crippen LogP) is 5.04. The summed E-state index contributed by atoms with van der Waals surface area (Å²) in [7, 11) is 0. The third kappa shape index (κ3) is 5.33. The molecule has 1 aromatic heterocycles. The fraction of sp³-hybridized carbons (Fsp3) is 0.250. The number of anilines is 2. The molecule has 1 saturated heterocycles. The van der Waals surface area contributed by atoms with Crippen molar-refractivity contribution < 1.29 is 9.53 Å². The van der Waals surface area contributed by atoms with Crippen LogP contribution < -0.4 is 10.2 Å². The second-order valence-corrected chi connectivity index (χ2v) is 8.31. The van der Waals surface area contributed by atoms with Gasteiger partial charge in [-0.25, -0.2) is 4.68 Å². The number of para-hydroxylation sites is 2. The molecule has 2 aromatic carbocycles. The van der Waals surface area contributed by atoms with Crippen LogP contribution in [-0.4, -0.2) is 42.0 Å². The second-order valence-electron chi connectivity index (χ2n) is 7.51. The molecule has 1 aliphatic heterocycles. The number of carbonyl (C=O) groups excluding carboxylic acids is 1. The molecule has 0 bridgehead atoms. The number of rotatable bonds is 6. The molecule has 0 spiro atoms.